The van der Waals surface area contributed by atoms with Crippen LogP contribution >= 0.6 is 0 Å². The zero-order chi connectivity index (χ0) is 14.1. The van der Waals surface area contributed by atoms with Crippen LogP contribution in [0.15, 0.2) is 4.99 Å². The van der Waals surface area contributed by atoms with E-state index in [4.69, 9.17) is 10.6 Å². The molecule has 0 aromatic heterocycles. The summed E-state index contributed by atoms with van der Waals surface area (Å²) in [5.41, 5.74) is 2.67. The van der Waals surface area contributed by atoms with E-state index in [2.05, 4.69) is 29.6 Å². The number of nitrogens with two attached hydrogens (primary N) is 1. The molecule has 0 aromatic rings. The number of hydrogen-bond donors (Lipinski definition) is 3. The highest BCUT2D eigenvalue weighted by Gasteiger charge is 2.24. The Morgan fingerprint density at radius 3 is 2.53 bits per heavy atom. The molecule has 1 aliphatic carbocycles. The molecule has 112 valence electrons. The van der Waals surface area contributed by atoms with Crippen molar-refractivity contribution in [1.29, 1.82) is 0 Å². The summed E-state index contributed by atoms with van der Waals surface area (Å²) in [5.74, 6) is 7.79. The molecule has 0 saturated heterocycles. The highest BCUT2D eigenvalue weighted by molar-refractivity contribution is 5.79. The standard InChI is InChI=1S/C14H30N4O/c1-4-19-7-5-6-16-14(18-15)17-13-9-11(2)8-12(3)10-13/h11-13H,4-10,15H2,1-3H3,(H2,16,17,18). The molecule has 1 aliphatic rings. The molecule has 4 N–H and O–H groups in total. The second-order valence-corrected chi connectivity index (χ2v) is 5.68. The molecule has 19 heavy (non-hydrogen) atoms. The summed E-state index contributed by atoms with van der Waals surface area (Å²) >= 11 is 0. The lowest BCUT2D eigenvalue weighted by Gasteiger charge is -2.32. The Kier molecular flexibility index (Phi) is 7.82. The van der Waals surface area contributed by atoms with Crippen LogP contribution in [0.3, 0.4) is 0 Å². The fraction of sp³-hybridized carbons (Fsp3) is 0.929. The summed E-state index contributed by atoms with van der Waals surface area (Å²) in [6.45, 7) is 8.91. The quantitative estimate of drug-likeness (QED) is 0.226. The third kappa shape index (κ3) is 6.78. The molecule has 1 rings (SSSR count). The van der Waals surface area contributed by atoms with Gasteiger partial charge in [-0.3, -0.25) is 10.4 Å². The first-order chi connectivity index (χ1) is 9.15. The highest BCUT2D eigenvalue weighted by Crippen LogP contribution is 2.28. The van der Waals surface area contributed by atoms with Gasteiger partial charge in [0.25, 0.3) is 0 Å². The van der Waals surface area contributed by atoms with Gasteiger partial charge in [0.05, 0.1) is 0 Å². The van der Waals surface area contributed by atoms with Crippen molar-refractivity contribution in [1.82, 2.24) is 10.7 Å². The number of guanidine groups is 1. The van der Waals surface area contributed by atoms with Crippen LogP contribution in [0.25, 0.3) is 0 Å². The van der Waals surface area contributed by atoms with Gasteiger partial charge in [-0.05, 0) is 44.4 Å². The van der Waals surface area contributed by atoms with Crippen LogP contribution in [0.4, 0.5) is 0 Å². The number of hydrogen-bond acceptors (Lipinski definition) is 3. The molecule has 2 atom stereocenters. The van der Waals surface area contributed by atoms with Crippen molar-refractivity contribution < 1.29 is 4.74 Å². The predicted molar refractivity (Wildman–Crippen MR) is 79.8 cm³/mol. The maximum absolute atomic E-state index is 5.53. The first kappa shape index (κ1) is 16.2. The normalized spacial score (nSPS) is 28.2. The van der Waals surface area contributed by atoms with Crippen molar-refractivity contribution >= 4 is 5.96 Å². The first-order valence-corrected chi connectivity index (χ1v) is 7.51. The first-order valence-electron chi connectivity index (χ1n) is 7.51. The molecule has 2 unspecified atom stereocenters. The molecular formula is C14H30N4O. The van der Waals surface area contributed by atoms with Gasteiger partial charge in [-0.2, -0.15) is 0 Å². The monoisotopic (exact) mass is 270 g/mol. The van der Waals surface area contributed by atoms with Crippen LogP contribution in [-0.2, 0) is 4.74 Å². The van der Waals surface area contributed by atoms with E-state index in [-0.39, 0.29) is 0 Å². The predicted octanol–water partition coefficient (Wildman–Crippen LogP) is 1.65. The second kappa shape index (κ2) is 9.15. The highest BCUT2D eigenvalue weighted by atomic mass is 16.5. The second-order valence-electron chi connectivity index (χ2n) is 5.68. The van der Waals surface area contributed by atoms with Crippen molar-refractivity contribution in [2.45, 2.75) is 52.5 Å². The molecule has 0 amide bonds. The third-order valence-corrected chi connectivity index (χ3v) is 3.58. The van der Waals surface area contributed by atoms with Crippen molar-refractivity contribution in [3.63, 3.8) is 0 Å². The lowest BCUT2D eigenvalue weighted by atomic mass is 9.80. The minimum absolute atomic E-state index is 0.487. The maximum Gasteiger partial charge on any atom is 0.205 e. The number of nitrogens with one attached hydrogen (secondary N) is 2. The Labute approximate surface area is 117 Å². The topological polar surface area (TPSA) is 71.7 Å². The molecule has 0 radical (unpaired) electrons. The molecule has 5 heteroatoms. The zero-order valence-corrected chi connectivity index (χ0v) is 12.6. The molecule has 0 aliphatic heterocycles. The van der Waals surface area contributed by atoms with E-state index in [1.54, 1.807) is 0 Å². The van der Waals surface area contributed by atoms with E-state index in [9.17, 15) is 0 Å². The molecule has 0 aromatic carbocycles. The number of nitrogens with zero attached hydrogens (tertiary/aromatic N) is 1. The van der Waals surface area contributed by atoms with Crippen molar-refractivity contribution in [3.05, 3.63) is 0 Å². The summed E-state index contributed by atoms with van der Waals surface area (Å²) in [7, 11) is 0. The van der Waals surface area contributed by atoms with Gasteiger partial charge >= 0.3 is 0 Å². The van der Waals surface area contributed by atoms with Crippen LogP contribution in [0.1, 0.15) is 46.5 Å². The van der Waals surface area contributed by atoms with Crippen molar-refractivity contribution in [3.8, 4) is 0 Å². The van der Waals surface area contributed by atoms with Gasteiger partial charge in [0, 0.05) is 25.8 Å². The van der Waals surface area contributed by atoms with E-state index in [1.807, 2.05) is 6.92 Å². The van der Waals surface area contributed by atoms with Gasteiger partial charge < -0.3 is 10.1 Å². The van der Waals surface area contributed by atoms with E-state index in [1.165, 1.54) is 19.3 Å². The fourth-order valence-corrected chi connectivity index (χ4v) is 2.89. The molecule has 1 saturated carbocycles. The van der Waals surface area contributed by atoms with Crippen molar-refractivity contribution in [2.75, 3.05) is 19.8 Å². The van der Waals surface area contributed by atoms with Crippen LogP contribution in [0.2, 0.25) is 0 Å². The smallest absolute Gasteiger partial charge is 0.205 e. The summed E-state index contributed by atoms with van der Waals surface area (Å²) in [6.07, 6.45) is 4.65. The van der Waals surface area contributed by atoms with Crippen LogP contribution < -0.4 is 16.6 Å². The largest absolute Gasteiger partial charge is 0.382 e. The Morgan fingerprint density at radius 1 is 1.26 bits per heavy atom. The van der Waals surface area contributed by atoms with Crippen molar-refractivity contribution in [2.24, 2.45) is 22.7 Å². The lowest BCUT2D eigenvalue weighted by molar-refractivity contribution is 0.146. The van der Waals surface area contributed by atoms with Gasteiger partial charge in [0.1, 0.15) is 0 Å². The minimum atomic E-state index is 0.487. The van der Waals surface area contributed by atoms with Crippen LogP contribution in [0.5, 0.6) is 0 Å². The summed E-state index contributed by atoms with van der Waals surface area (Å²) in [5, 5.41) is 3.43. The molecular weight excluding hydrogens is 240 g/mol. The van der Waals surface area contributed by atoms with Crippen LogP contribution in [-0.4, -0.2) is 31.8 Å². The van der Waals surface area contributed by atoms with Gasteiger partial charge in [0.15, 0.2) is 0 Å². The van der Waals surface area contributed by atoms with Gasteiger partial charge in [-0.1, -0.05) is 13.8 Å². The Balaban J connectivity index is 2.32. The van der Waals surface area contributed by atoms with E-state index < -0.39 is 0 Å². The summed E-state index contributed by atoms with van der Waals surface area (Å²) in [4.78, 5) is 4.45. The third-order valence-electron chi connectivity index (χ3n) is 3.58. The Bertz CT molecular complexity index is 260. The lowest BCUT2D eigenvalue weighted by Crippen LogP contribution is -2.48. The van der Waals surface area contributed by atoms with E-state index >= 15 is 0 Å². The van der Waals surface area contributed by atoms with Gasteiger partial charge in [-0.25, -0.2) is 5.84 Å². The Morgan fingerprint density at radius 2 is 1.95 bits per heavy atom. The zero-order valence-electron chi connectivity index (χ0n) is 12.6. The van der Waals surface area contributed by atoms with Gasteiger partial charge in [0.2, 0.25) is 5.96 Å². The maximum atomic E-state index is 5.53. The fourth-order valence-electron chi connectivity index (χ4n) is 2.89. The van der Waals surface area contributed by atoms with Gasteiger partial charge in [-0.15, -0.1) is 0 Å². The average molecular weight is 270 g/mol. The molecule has 0 heterocycles. The van der Waals surface area contributed by atoms with Crippen LogP contribution in [0, 0.1) is 11.8 Å². The number of ether oxygens (including phenoxy) is 1. The Hall–Kier alpha value is -0.810. The summed E-state index contributed by atoms with van der Waals surface area (Å²) in [6, 6.07) is 0.487. The van der Waals surface area contributed by atoms with E-state index in [0.29, 0.717) is 12.0 Å². The minimum Gasteiger partial charge on any atom is -0.382 e. The number of aliphatic imine (C=N–C) groups is 1. The molecule has 5 nitrogen and oxygen atoms in total. The summed E-state index contributed by atoms with van der Waals surface area (Å²) < 4.78 is 5.29. The number of hydrazine groups is 1. The molecule has 0 bridgehead atoms. The number of rotatable bonds is 6. The molecule has 0 spiro atoms. The average Bonchev–Trinajstić information content (AvgIpc) is 2.36. The molecule has 1 fully saturated rings. The SMILES string of the molecule is CCOCCCN=C(NN)NC1CC(C)CC(C)C1. The van der Waals surface area contributed by atoms with E-state index in [0.717, 1.165) is 38.0 Å².